The van der Waals surface area contributed by atoms with E-state index in [9.17, 15) is 4.79 Å². The molecule has 1 amide bonds. The summed E-state index contributed by atoms with van der Waals surface area (Å²) in [6, 6.07) is 26.0. The third-order valence-electron chi connectivity index (χ3n) is 4.96. The lowest BCUT2D eigenvalue weighted by Gasteiger charge is -2.13. The Morgan fingerprint density at radius 1 is 1.00 bits per heavy atom. The first-order chi connectivity index (χ1) is 16.2. The molecule has 7 heteroatoms. The predicted octanol–water partition coefficient (Wildman–Crippen LogP) is 6.22. The van der Waals surface area contributed by atoms with Crippen LogP contribution in [0.1, 0.15) is 17.1 Å². The molecule has 6 nitrogen and oxygen atoms in total. The second kappa shape index (κ2) is 9.07. The number of para-hydroxylation sites is 1. The lowest BCUT2D eigenvalue weighted by Crippen LogP contribution is -2.28. The van der Waals surface area contributed by atoms with Gasteiger partial charge >= 0.3 is 0 Å². The van der Waals surface area contributed by atoms with Gasteiger partial charge in [0, 0.05) is 11.6 Å². The number of nitrogens with zero attached hydrogens (tertiary/aromatic N) is 3. The average Bonchev–Trinajstić information content (AvgIpc) is 3.59. The molecule has 1 fully saturated rings. The Bertz CT molecular complexity index is 1380. The summed E-state index contributed by atoms with van der Waals surface area (Å²) < 4.78 is 11.4. The number of amides is 1. The van der Waals surface area contributed by atoms with Gasteiger partial charge in [0.25, 0.3) is 5.91 Å². The van der Waals surface area contributed by atoms with Gasteiger partial charge in [0.15, 0.2) is 5.17 Å². The highest BCUT2D eigenvalue weighted by molar-refractivity contribution is 8.18. The number of carbonyl (C=O) groups is 1. The van der Waals surface area contributed by atoms with Crippen LogP contribution in [0.25, 0.3) is 17.4 Å². The van der Waals surface area contributed by atoms with Crippen molar-refractivity contribution in [2.75, 3.05) is 0 Å². The first-order valence-electron chi connectivity index (χ1n) is 10.2. The summed E-state index contributed by atoms with van der Waals surface area (Å²) in [4.78, 5) is 20.0. The minimum atomic E-state index is -0.164. The molecule has 2 aromatic heterocycles. The van der Waals surface area contributed by atoms with E-state index in [1.807, 2.05) is 60.7 Å². The second-order valence-electron chi connectivity index (χ2n) is 7.20. The van der Waals surface area contributed by atoms with E-state index in [4.69, 9.17) is 14.1 Å². The average molecular weight is 452 g/mol. The monoisotopic (exact) mass is 451 g/mol. The molecule has 0 atom stereocenters. The fraction of sp³-hybridized carbons (Fsp3) is 0.0385. The van der Waals surface area contributed by atoms with E-state index in [-0.39, 0.29) is 12.5 Å². The van der Waals surface area contributed by atoms with Gasteiger partial charge < -0.3 is 8.83 Å². The molecular weight excluding hydrogens is 434 g/mol. The molecule has 0 spiro atoms. The molecule has 0 radical (unpaired) electrons. The van der Waals surface area contributed by atoms with Crippen LogP contribution in [-0.4, -0.2) is 16.0 Å². The fourth-order valence-corrected chi connectivity index (χ4v) is 4.30. The van der Waals surface area contributed by atoms with Crippen LogP contribution >= 0.6 is 11.8 Å². The molecular formula is C26H17N3O3S. The number of aliphatic imine (C=N–C) groups is 1. The molecule has 33 heavy (non-hydrogen) atoms. The summed E-state index contributed by atoms with van der Waals surface area (Å²) in [7, 11) is 0. The topological polar surface area (TPSA) is 82.7 Å². The number of hydrogen-bond acceptors (Lipinski definition) is 6. The van der Waals surface area contributed by atoms with Crippen LogP contribution in [0.4, 0.5) is 5.69 Å². The zero-order valence-corrected chi connectivity index (χ0v) is 18.2. The summed E-state index contributed by atoms with van der Waals surface area (Å²) in [5, 5.41) is 9.55. The molecule has 0 aliphatic carbocycles. The first kappa shape index (κ1) is 20.6. The molecule has 4 aromatic rings. The van der Waals surface area contributed by atoms with Crippen molar-refractivity contribution >= 4 is 34.6 Å². The molecule has 160 valence electrons. The highest BCUT2D eigenvalue weighted by Gasteiger charge is 2.34. The van der Waals surface area contributed by atoms with Crippen molar-refractivity contribution in [3.8, 4) is 17.4 Å². The summed E-state index contributed by atoms with van der Waals surface area (Å²) in [6.07, 6.45) is 3.31. The Balaban J connectivity index is 1.44. The minimum absolute atomic E-state index is 0.164. The molecule has 0 bridgehead atoms. The normalized spacial score (nSPS) is 16.0. The third-order valence-corrected chi connectivity index (χ3v) is 5.97. The van der Waals surface area contributed by atoms with Crippen molar-refractivity contribution in [1.82, 2.24) is 4.90 Å². The lowest BCUT2D eigenvalue weighted by molar-refractivity contribution is -0.122. The zero-order valence-electron chi connectivity index (χ0n) is 17.3. The van der Waals surface area contributed by atoms with Gasteiger partial charge in [-0.2, -0.15) is 5.26 Å². The number of nitriles is 1. The largest absolute Gasteiger partial charge is 0.467 e. The highest BCUT2D eigenvalue weighted by atomic mass is 32.2. The molecule has 2 aromatic carbocycles. The predicted molar refractivity (Wildman–Crippen MR) is 127 cm³/mol. The SMILES string of the molecule is N#Cc1ccc(-c2ccc(/C=C3\SC(=Nc4ccccc4)N(Cc4ccco4)C3=O)o2)cc1. The van der Waals surface area contributed by atoms with Crippen LogP contribution in [0.2, 0.25) is 0 Å². The van der Waals surface area contributed by atoms with Crippen LogP contribution in [0.3, 0.4) is 0 Å². The van der Waals surface area contributed by atoms with E-state index >= 15 is 0 Å². The number of carbonyl (C=O) groups excluding carboxylic acids is 1. The van der Waals surface area contributed by atoms with Gasteiger partial charge in [-0.1, -0.05) is 18.2 Å². The molecule has 1 aliphatic heterocycles. The van der Waals surface area contributed by atoms with Crippen LogP contribution in [0, 0.1) is 11.3 Å². The second-order valence-corrected chi connectivity index (χ2v) is 8.21. The molecule has 0 unspecified atom stereocenters. The van der Waals surface area contributed by atoms with Crippen molar-refractivity contribution in [2.45, 2.75) is 6.54 Å². The first-order valence-corrected chi connectivity index (χ1v) is 11.0. The van der Waals surface area contributed by atoms with Gasteiger partial charge in [0.05, 0.1) is 35.0 Å². The Hall–Kier alpha value is -4.28. The molecule has 1 saturated heterocycles. The van der Waals surface area contributed by atoms with Gasteiger partial charge in [0.2, 0.25) is 0 Å². The van der Waals surface area contributed by atoms with E-state index in [1.165, 1.54) is 11.8 Å². The Morgan fingerprint density at radius 3 is 2.55 bits per heavy atom. The number of rotatable bonds is 5. The van der Waals surface area contributed by atoms with E-state index in [0.29, 0.717) is 32.9 Å². The quantitative estimate of drug-likeness (QED) is 0.337. The van der Waals surface area contributed by atoms with Crippen LogP contribution in [0.15, 0.2) is 104 Å². The van der Waals surface area contributed by atoms with Gasteiger partial charge in [-0.3, -0.25) is 9.69 Å². The molecule has 3 heterocycles. The zero-order chi connectivity index (χ0) is 22.6. The van der Waals surface area contributed by atoms with E-state index in [2.05, 4.69) is 11.1 Å². The van der Waals surface area contributed by atoms with Crippen molar-refractivity contribution in [1.29, 1.82) is 5.26 Å². The van der Waals surface area contributed by atoms with Crippen LogP contribution < -0.4 is 0 Å². The summed E-state index contributed by atoms with van der Waals surface area (Å²) >= 11 is 1.30. The van der Waals surface area contributed by atoms with Gasteiger partial charge in [-0.15, -0.1) is 0 Å². The number of hydrogen-bond donors (Lipinski definition) is 0. The van der Waals surface area contributed by atoms with Gasteiger partial charge in [-0.05, 0) is 72.4 Å². The summed E-state index contributed by atoms with van der Waals surface area (Å²) in [6.45, 7) is 0.288. The number of benzene rings is 2. The van der Waals surface area contributed by atoms with Crippen LogP contribution in [-0.2, 0) is 11.3 Å². The van der Waals surface area contributed by atoms with Crippen LogP contribution in [0.5, 0.6) is 0 Å². The molecule has 5 rings (SSSR count). The smallest absolute Gasteiger partial charge is 0.267 e. The maximum absolute atomic E-state index is 13.2. The maximum Gasteiger partial charge on any atom is 0.267 e. The van der Waals surface area contributed by atoms with Crippen molar-refractivity contribution in [2.24, 2.45) is 4.99 Å². The Kier molecular flexibility index (Phi) is 5.66. The Labute approximate surface area is 194 Å². The number of furan rings is 2. The molecule has 0 N–H and O–H groups in total. The minimum Gasteiger partial charge on any atom is -0.467 e. The maximum atomic E-state index is 13.2. The van der Waals surface area contributed by atoms with Crippen molar-refractivity contribution in [3.63, 3.8) is 0 Å². The summed E-state index contributed by atoms with van der Waals surface area (Å²) in [5.74, 6) is 1.73. The standard InChI is InChI=1S/C26H17N3O3S/c27-16-18-8-10-19(11-9-18)23-13-12-21(32-23)15-24-25(30)29(17-22-7-4-14-31-22)26(33-24)28-20-5-2-1-3-6-20/h1-15H,17H2/b24-15-,28-26?. The fourth-order valence-electron chi connectivity index (χ4n) is 3.33. The third kappa shape index (κ3) is 4.52. The lowest BCUT2D eigenvalue weighted by atomic mass is 10.1. The van der Waals surface area contributed by atoms with E-state index in [0.717, 1.165) is 11.3 Å². The van der Waals surface area contributed by atoms with E-state index < -0.39 is 0 Å². The Morgan fingerprint density at radius 2 is 1.82 bits per heavy atom. The number of thioether (sulfide) groups is 1. The van der Waals surface area contributed by atoms with Crippen molar-refractivity contribution < 1.29 is 13.6 Å². The molecule has 0 saturated carbocycles. The van der Waals surface area contributed by atoms with Crippen molar-refractivity contribution in [3.05, 3.63) is 107 Å². The summed E-state index contributed by atoms with van der Waals surface area (Å²) in [5.41, 5.74) is 2.21. The van der Waals surface area contributed by atoms with Gasteiger partial charge in [0.1, 0.15) is 17.3 Å². The number of amidine groups is 1. The van der Waals surface area contributed by atoms with Gasteiger partial charge in [-0.25, -0.2) is 4.99 Å². The van der Waals surface area contributed by atoms with E-state index in [1.54, 1.807) is 35.4 Å². The highest BCUT2D eigenvalue weighted by Crippen LogP contribution is 2.36. The molecule has 1 aliphatic rings.